The van der Waals surface area contributed by atoms with Crippen molar-refractivity contribution in [3.05, 3.63) is 53.1 Å². The molecule has 1 aliphatic carbocycles. The van der Waals surface area contributed by atoms with Crippen molar-refractivity contribution in [2.75, 3.05) is 7.05 Å². The van der Waals surface area contributed by atoms with E-state index in [0.717, 1.165) is 29.5 Å². The van der Waals surface area contributed by atoms with Crippen molar-refractivity contribution in [1.82, 2.24) is 20.4 Å². The van der Waals surface area contributed by atoms with Crippen LogP contribution < -0.4 is 10.6 Å². The second kappa shape index (κ2) is 7.10. The Hall–Kier alpha value is -1.92. The van der Waals surface area contributed by atoms with E-state index >= 15 is 0 Å². The summed E-state index contributed by atoms with van der Waals surface area (Å²) in [7, 11) is 3.56. The number of nitrogens with zero attached hydrogens (tertiary/aromatic N) is 2. The van der Waals surface area contributed by atoms with Gasteiger partial charge in [0.25, 0.3) is 0 Å². The molecule has 0 fully saturated rings. The van der Waals surface area contributed by atoms with Gasteiger partial charge in [-0.25, -0.2) is 4.39 Å². The van der Waals surface area contributed by atoms with Crippen molar-refractivity contribution in [3.63, 3.8) is 0 Å². The third-order valence-corrected chi connectivity index (χ3v) is 4.11. The third-order valence-electron chi connectivity index (χ3n) is 4.11. The molecule has 0 aliphatic heterocycles. The van der Waals surface area contributed by atoms with E-state index in [1.54, 1.807) is 30.1 Å². The van der Waals surface area contributed by atoms with Crippen LogP contribution in [0.25, 0.3) is 0 Å². The van der Waals surface area contributed by atoms with Gasteiger partial charge in [-0.3, -0.25) is 9.48 Å². The number of amides is 1. The number of hydrogen-bond acceptors (Lipinski definition) is 3. The lowest BCUT2D eigenvalue weighted by Crippen LogP contribution is -2.37. The quantitative estimate of drug-likeness (QED) is 0.897. The Labute approximate surface area is 140 Å². The van der Waals surface area contributed by atoms with Crippen LogP contribution in [0.2, 0.25) is 0 Å². The molecule has 0 bridgehead atoms. The number of likely N-dealkylation sites (N-methyl/N-ethyl adjacent to an activating group) is 1. The summed E-state index contributed by atoms with van der Waals surface area (Å²) in [6, 6.07) is 4.26. The van der Waals surface area contributed by atoms with E-state index in [4.69, 9.17) is 0 Å². The minimum atomic E-state index is -0.446. The summed E-state index contributed by atoms with van der Waals surface area (Å²) in [5.74, 6) is -0.327. The summed E-state index contributed by atoms with van der Waals surface area (Å²) >= 11 is 0. The molecule has 0 saturated heterocycles. The number of halogens is 2. The van der Waals surface area contributed by atoms with Gasteiger partial charge < -0.3 is 10.6 Å². The van der Waals surface area contributed by atoms with Gasteiger partial charge in [0.1, 0.15) is 11.9 Å². The number of nitrogens with one attached hydrogen (secondary N) is 2. The molecule has 7 heteroatoms. The number of aryl methyl sites for hydroxylation is 2. The lowest BCUT2D eigenvalue weighted by atomic mass is 10.1. The van der Waals surface area contributed by atoms with E-state index in [-0.39, 0.29) is 30.2 Å². The predicted molar refractivity (Wildman–Crippen MR) is 87.9 cm³/mol. The van der Waals surface area contributed by atoms with Crippen LogP contribution in [0.5, 0.6) is 0 Å². The molecule has 1 aliphatic rings. The summed E-state index contributed by atoms with van der Waals surface area (Å²) in [5, 5.41) is 10.2. The second-order valence-corrected chi connectivity index (χ2v) is 5.61. The topological polar surface area (TPSA) is 59.0 Å². The Balaban J connectivity index is 0.00000192. The number of carbonyl (C=O) groups is 1. The summed E-state index contributed by atoms with van der Waals surface area (Å²) in [6.45, 7) is 0. The van der Waals surface area contributed by atoms with Crippen molar-refractivity contribution >= 4 is 18.3 Å². The largest absolute Gasteiger partial charge is 0.348 e. The molecule has 124 valence electrons. The predicted octanol–water partition coefficient (Wildman–Crippen LogP) is 2.05. The molecule has 2 unspecified atom stereocenters. The molecule has 23 heavy (non-hydrogen) atoms. The molecular weight excluding hydrogens is 319 g/mol. The molecule has 5 nitrogen and oxygen atoms in total. The first-order valence-corrected chi connectivity index (χ1v) is 7.33. The van der Waals surface area contributed by atoms with Crippen LogP contribution in [-0.2, 0) is 18.3 Å². The standard InChI is InChI=1S/C16H19FN4O.ClH/c1-18-15(11-8-19-21(2)9-11)16(22)20-14-6-3-10-7-12(17)4-5-13(10)14;/h4-5,7-9,14-15,18H,3,6H2,1-2H3,(H,20,22);1H. The SMILES string of the molecule is CNC(C(=O)NC1CCc2cc(F)ccc21)c1cnn(C)c1.Cl. The van der Waals surface area contributed by atoms with Gasteiger partial charge >= 0.3 is 0 Å². The van der Waals surface area contributed by atoms with Crippen LogP contribution in [0.15, 0.2) is 30.6 Å². The van der Waals surface area contributed by atoms with E-state index in [2.05, 4.69) is 15.7 Å². The Bertz CT molecular complexity index is 703. The number of benzene rings is 1. The second-order valence-electron chi connectivity index (χ2n) is 5.61. The fourth-order valence-electron chi connectivity index (χ4n) is 3.03. The zero-order valence-corrected chi connectivity index (χ0v) is 13.9. The van der Waals surface area contributed by atoms with E-state index in [1.165, 1.54) is 6.07 Å². The van der Waals surface area contributed by atoms with Crippen LogP contribution >= 0.6 is 12.4 Å². The van der Waals surface area contributed by atoms with Crippen molar-refractivity contribution < 1.29 is 9.18 Å². The van der Waals surface area contributed by atoms with Crippen LogP contribution in [0.3, 0.4) is 0 Å². The smallest absolute Gasteiger partial charge is 0.242 e. The molecule has 1 amide bonds. The number of hydrogen-bond donors (Lipinski definition) is 2. The highest BCUT2D eigenvalue weighted by Crippen LogP contribution is 2.32. The van der Waals surface area contributed by atoms with E-state index in [9.17, 15) is 9.18 Å². The minimum absolute atomic E-state index is 0. The van der Waals surface area contributed by atoms with Crippen molar-refractivity contribution in [2.45, 2.75) is 24.9 Å². The molecule has 3 rings (SSSR count). The van der Waals surface area contributed by atoms with Gasteiger partial charge in [-0.05, 0) is 43.1 Å². The highest BCUT2D eigenvalue weighted by molar-refractivity contribution is 5.85. The molecule has 2 N–H and O–H groups in total. The fourth-order valence-corrected chi connectivity index (χ4v) is 3.03. The maximum absolute atomic E-state index is 13.3. The first-order chi connectivity index (χ1) is 10.6. The van der Waals surface area contributed by atoms with Crippen molar-refractivity contribution in [3.8, 4) is 0 Å². The highest BCUT2D eigenvalue weighted by Gasteiger charge is 2.28. The summed E-state index contributed by atoms with van der Waals surface area (Å²) in [6.07, 6.45) is 5.08. The van der Waals surface area contributed by atoms with Gasteiger partial charge in [-0.2, -0.15) is 5.10 Å². The molecule has 2 atom stereocenters. The van der Waals surface area contributed by atoms with Crippen molar-refractivity contribution in [1.29, 1.82) is 0 Å². The maximum Gasteiger partial charge on any atom is 0.242 e. The Morgan fingerprint density at radius 3 is 2.91 bits per heavy atom. The first kappa shape index (κ1) is 17.4. The van der Waals surface area contributed by atoms with E-state index in [1.807, 2.05) is 13.2 Å². The number of carbonyl (C=O) groups excluding carboxylic acids is 1. The molecule has 1 aromatic carbocycles. The Morgan fingerprint density at radius 2 is 2.26 bits per heavy atom. The van der Waals surface area contributed by atoms with Crippen LogP contribution in [0, 0.1) is 5.82 Å². The van der Waals surface area contributed by atoms with Crippen LogP contribution in [-0.4, -0.2) is 22.7 Å². The molecular formula is C16H20ClFN4O. The zero-order chi connectivity index (χ0) is 15.7. The number of fused-ring (bicyclic) bond motifs is 1. The average molecular weight is 339 g/mol. The molecule has 2 aromatic rings. The van der Waals surface area contributed by atoms with Gasteiger partial charge in [-0.1, -0.05) is 6.07 Å². The normalized spacial score (nSPS) is 17.3. The third kappa shape index (κ3) is 3.54. The molecule has 1 aromatic heterocycles. The average Bonchev–Trinajstić information content (AvgIpc) is 3.07. The summed E-state index contributed by atoms with van der Waals surface area (Å²) < 4.78 is 14.9. The van der Waals surface area contributed by atoms with Gasteiger partial charge in [0.05, 0.1) is 12.2 Å². The maximum atomic E-state index is 13.3. The van der Waals surface area contributed by atoms with E-state index < -0.39 is 6.04 Å². The summed E-state index contributed by atoms with van der Waals surface area (Å²) in [4.78, 5) is 12.5. The molecule has 0 spiro atoms. The zero-order valence-electron chi connectivity index (χ0n) is 13.0. The van der Waals surface area contributed by atoms with E-state index in [0.29, 0.717) is 0 Å². The highest BCUT2D eigenvalue weighted by atomic mass is 35.5. The van der Waals surface area contributed by atoms with Gasteiger partial charge in [0.15, 0.2) is 0 Å². The van der Waals surface area contributed by atoms with Gasteiger partial charge in [0, 0.05) is 18.8 Å². The minimum Gasteiger partial charge on any atom is -0.348 e. The molecule has 0 radical (unpaired) electrons. The lowest BCUT2D eigenvalue weighted by Gasteiger charge is -2.19. The van der Waals surface area contributed by atoms with Gasteiger partial charge in [-0.15, -0.1) is 12.4 Å². The lowest BCUT2D eigenvalue weighted by molar-refractivity contribution is -0.123. The van der Waals surface area contributed by atoms with Crippen LogP contribution in [0.1, 0.15) is 35.2 Å². The monoisotopic (exact) mass is 338 g/mol. The Morgan fingerprint density at radius 1 is 1.48 bits per heavy atom. The summed E-state index contributed by atoms with van der Waals surface area (Å²) in [5.41, 5.74) is 2.81. The number of rotatable bonds is 4. The first-order valence-electron chi connectivity index (χ1n) is 7.33. The fraction of sp³-hybridized carbons (Fsp3) is 0.375. The number of aromatic nitrogens is 2. The molecule has 1 heterocycles. The van der Waals surface area contributed by atoms with Crippen molar-refractivity contribution in [2.24, 2.45) is 7.05 Å². The molecule has 0 saturated carbocycles. The van der Waals surface area contributed by atoms with Gasteiger partial charge in [0.2, 0.25) is 5.91 Å². The van der Waals surface area contributed by atoms with Crippen LogP contribution in [0.4, 0.5) is 4.39 Å². The Kier molecular flexibility index (Phi) is 5.38.